The first kappa shape index (κ1) is 13.3. The molecule has 0 spiro atoms. The zero-order valence-electron chi connectivity index (χ0n) is 10.2. The smallest absolute Gasteiger partial charge is 0.0998 e. The number of hydrogen-bond acceptors (Lipinski definition) is 3. The summed E-state index contributed by atoms with van der Waals surface area (Å²) in [7, 11) is 0. The Labute approximate surface area is 117 Å². The molecule has 3 nitrogen and oxygen atoms in total. The van der Waals surface area contributed by atoms with E-state index in [-0.39, 0.29) is 0 Å². The second-order valence-corrected chi connectivity index (χ2v) is 4.40. The lowest BCUT2D eigenvalue weighted by Crippen LogP contribution is -1.98. The van der Waals surface area contributed by atoms with E-state index < -0.39 is 0 Å². The molecule has 0 unspecified atom stereocenters. The van der Waals surface area contributed by atoms with Crippen LogP contribution in [0.5, 0.6) is 0 Å². The van der Waals surface area contributed by atoms with Crippen LogP contribution in [0.3, 0.4) is 0 Å². The zero-order valence-corrected chi connectivity index (χ0v) is 10.9. The molecule has 2 rings (SSSR count). The molecule has 0 aliphatic rings. The molecule has 0 atom stereocenters. The molecule has 0 saturated heterocycles. The molecular formula is C15H12ClN3. The van der Waals surface area contributed by atoms with E-state index >= 15 is 0 Å². The third-order valence-electron chi connectivity index (χ3n) is 2.64. The Hall–Kier alpha value is -2.15. The van der Waals surface area contributed by atoms with Crippen LogP contribution in [-0.2, 0) is 6.54 Å². The molecular weight excluding hydrogens is 258 g/mol. The van der Waals surface area contributed by atoms with E-state index in [2.05, 4.69) is 11.1 Å². The molecule has 1 aromatic carbocycles. The summed E-state index contributed by atoms with van der Waals surface area (Å²) in [5, 5.41) is 9.87. The summed E-state index contributed by atoms with van der Waals surface area (Å²) in [4.78, 5) is 4.19. The summed E-state index contributed by atoms with van der Waals surface area (Å²) in [6.07, 6.45) is 3.49. The lowest BCUT2D eigenvalue weighted by atomic mass is 10.0. The lowest BCUT2D eigenvalue weighted by molar-refractivity contribution is 0.989. The van der Waals surface area contributed by atoms with E-state index in [1.54, 1.807) is 24.4 Å². The van der Waals surface area contributed by atoms with Gasteiger partial charge in [-0.3, -0.25) is 4.98 Å². The number of halogens is 1. The highest BCUT2D eigenvalue weighted by Gasteiger charge is 2.01. The maximum Gasteiger partial charge on any atom is 0.0998 e. The summed E-state index contributed by atoms with van der Waals surface area (Å²) < 4.78 is 0. The Bertz CT molecular complexity index is 622. The number of rotatable bonds is 3. The van der Waals surface area contributed by atoms with Gasteiger partial charge in [0.25, 0.3) is 0 Å². The van der Waals surface area contributed by atoms with Gasteiger partial charge in [-0.2, -0.15) is 5.26 Å². The Balaban J connectivity index is 2.33. The Morgan fingerprint density at radius 3 is 2.53 bits per heavy atom. The number of pyridine rings is 1. The second kappa shape index (κ2) is 6.14. The van der Waals surface area contributed by atoms with Crippen molar-refractivity contribution in [3.63, 3.8) is 0 Å². The highest BCUT2D eigenvalue weighted by atomic mass is 35.5. The fraction of sp³-hybridized carbons (Fsp3) is 0.0667. The number of nitrogens with two attached hydrogens (primary N) is 1. The SMILES string of the molecule is N#C/C(=C\c1ccc(CN)nc1)c1ccc(Cl)cc1. The van der Waals surface area contributed by atoms with Gasteiger partial charge in [0.2, 0.25) is 0 Å². The fourth-order valence-corrected chi connectivity index (χ4v) is 1.74. The van der Waals surface area contributed by atoms with Gasteiger partial charge in [-0.05, 0) is 35.4 Å². The third kappa shape index (κ3) is 3.41. The van der Waals surface area contributed by atoms with Gasteiger partial charge in [-0.1, -0.05) is 29.8 Å². The summed E-state index contributed by atoms with van der Waals surface area (Å²) in [5.74, 6) is 0. The van der Waals surface area contributed by atoms with E-state index in [4.69, 9.17) is 17.3 Å². The highest BCUT2D eigenvalue weighted by molar-refractivity contribution is 6.30. The standard InChI is InChI=1S/C15H12ClN3/c16-14-4-2-12(3-5-14)13(8-17)7-11-1-6-15(9-18)19-10-11/h1-7,10H,9,18H2/b13-7+. The molecule has 2 aromatic rings. The van der Waals surface area contributed by atoms with Crippen LogP contribution in [0.4, 0.5) is 0 Å². The third-order valence-corrected chi connectivity index (χ3v) is 2.90. The first-order valence-electron chi connectivity index (χ1n) is 5.75. The van der Waals surface area contributed by atoms with Gasteiger partial charge < -0.3 is 5.73 Å². The van der Waals surface area contributed by atoms with Gasteiger partial charge in [0.05, 0.1) is 17.3 Å². The molecule has 0 radical (unpaired) electrons. The van der Waals surface area contributed by atoms with Crippen molar-refractivity contribution in [3.05, 3.63) is 64.4 Å². The average Bonchev–Trinajstić information content (AvgIpc) is 2.46. The van der Waals surface area contributed by atoms with Crippen LogP contribution < -0.4 is 5.73 Å². The predicted octanol–water partition coefficient (Wildman–Crippen LogP) is 3.26. The van der Waals surface area contributed by atoms with Gasteiger partial charge in [0, 0.05) is 17.8 Å². The fourth-order valence-electron chi connectivity index (χ4n) is 1.62. The Morgan fingerprint density at radius 2 is 2.00 bits per heavy atom. The monoisotopic (exact) mass is 269 g/mol. The number of nitriles is 1. The molecule has 94 valence electrons. The molecule has 0 fully saturated rings. The quantitative estimate of drug-likeness (QED) is 0.870. The largest absolute Gasteiger partial charge is 0.325 e. The van der Waals surface area contributed by atoms with Gasteiger partial charge in [0.15, 0.2) is 0 Å². The predicted molar refractivity (Wildman–Crippen MR) is 77.1 cm³/mol. The second-order valence-electron chi connectivity index (χ2n) is 3.96. The van der Waals surface area contributed by atoms with Gasteiger partial charge >= 0.3 is 0 Å². The molecule has 1 aromatic heterocycles. The van der Waals surface area contributed by atoms with Crippen molar-refractivity contribution in [2.75, 3.05) is 0 Å². The van der Waals surface area contributed by atoms with Crippen molar-refractivity contribution in [2.24, 2.45) is 5.73 Å². The van der Waals surface area contributed by atoms with Crippen molar-refractivity contribution < 1.29 is 0 Å². The zero-order chi connectivity index (χ0) is 13.7. The van der Waals surface area contributed by atoms with Crippen molar-refractivity contribution >= 4 is 23.3 Å². The number of nitrogens with zero attached hydrogens (tertiary/aromatic N) is 2. The van der Waals surface area contributed by atoms with Crippen LogP contribution in [-0.4, -0.2) is 4.98 Å². The minimum absolute atomic E-state index is 0.409. The van der Waals surface area contributed by atoms with Gasteiger partial charge in [-0.15, -0.1) is 0 Å². The van der Waals surface area contributed by atoms with Crippen LogP contribution in [0.2, 0.25) is 5.02 Å². The first-order valence-corrected chi connectivity index (χ1v) is 6.13. The number of aromatic nitrogens is 1. The average molecular weight is 270 g/mol. The van der Waals surface area contributed by atoms with Crippen molar-refractivity contribution in [1.29, 1.82) is 5.26 Å². The maximum atomic E-state index is 9.22. The number of allylic oxidation sites excluding steroid dienone is 1. The summed E-state index contributed by atoms with van der Waals surface area (Å²) in [6, 6.07) is 13.1. The normalized spacial score (nSPS) is 11.1. The van der Waals surface area contributed by atoms with E-state index in [9.17, 15) is 5.26 Å². The summed E-state index contributed by atoms with van der Waals surface area (Å²) in [5.41, 5.74) is 8.57. The Kier molecular flexibility index (Phi) is 4.30. The molecule has 19 heavy (non-hydrogen) atoms. The maximum absolute atomic E-state index is 9.22. The van der Waals surface area contributed by atoms with E-state index in [1.165, 1.54) is 0 Å². The molecule has 0 aliphatic heterocycles. The molecule has 0 amide bonds. The van der Waals surface area contributed by atoms with Gasteiger partial charge in [-0.25, -0.2) is 0 Å². The van der Waals surface area contributed by atoms with E-state index in [0.29, 0.717) is 17.1 Å². The van der Waals surface area contributed by atoms with Crippen molar-refractivity contribution in [3.8, 4) is 6.07 Å². The van der Waals surface area contributed by atoms with Crippen molar-refractivity contribution in [2.45, 2.75) is 6.54 Å². The molecule has 1 heterocycles. The van der Waals surface area contributed by atoms with E-state index in [1.807, 2.05) is 24.3 Å². The molecule has 0 aliphatic carbocycles. The molecule has 4 heteroatoms. The minimum atomic E-state index is 0.409. The van der Waals surface area contributed by atoms with Crippen LogP contribution in [0.15, 0.2) is 42.6 Å². The van der Waals surface area contributed by atoms with Crippen LogP contribution in [0.25, 0.3) is 11.6 Å². The number of hydrogen-bond donors (Lipinski definition) is 1. The Morgan fingerprint density at radius 1 is 1.26 bits per heavy atom. The van der Waals surface area contributed by atoms with E-state index in [0.717, 1.165) is 16.8 Å². The van der Waals surface area contributed by atoms with Gasteiger partial charge in [0.1, 0.15) is 0 Å². The van der Waals surface area contributed by atoms with Crippen LogP contribution in [0.1, 0.15) is 16.8 Å². The lowest BCUT2D eigenvalue weighted by Gasteiger charge is -2.01. The van der Waals surface area contributed by atoms with Crippen LogP contribution >= 0.6 is 11.6 Å². The molecule has 0 bridgehead atoms. The molecule has 0 saturated carbocycles. The number of benzene rings is 1. The van der Waals surface area contributed by atoms with Crippen LogP contribution in [0, 0.1) is 11.3 Å². The molecule has 2 N–H and O–H groups in total. The minimum Gasteiger partial charge on any atom is -0.325 e. The topological polar surface area (TPSA) is 62.7 Å². The highest BCUT2D eigenvalue weighted by Crippen LogP contribution is 2.19. The first-order chi connectivity index (χ1) is 9.22. The summed E-state index contributed by atoms with van der Waals surface area (Å²) >= 11 is 5.83. The van der Waals surface area contributed by atoms with Crippen molar-refractivity contribution in [1.82, 2.24) is 4.98 Å². The summed E-state index contributed by atoms with van der Waals surface area (Å²) in [6.45, 7) is 0.409.